The number of rotatable bonds is 4. The van der Waals surface area contributed by atoms with Crippen LogP contribution in [0.2, 0.25) is 0 Å². The zero-order valence-electron chi connectivity index (χ0n) is 13.5. The standard InChI is InChI=1S/C14H24N4O4/c1-5-21-12(19)9-6-7-10(17-18-15)11(8-9)16-13(20)22-14(2,3)4/h9-11H,5-8H2,1-4H3,(H,16,20)/t9-,10+,11+/m1/s1. The maximum Gasteiger partial charge on any atom is 0.407 e. The van der Waals surface area contributed by atoms with Gasteiger partial charge in [-0.25, -0.2) is 4.79 Å². The van der Waals surface area contributed by atoms with Crippen LogP contribution in [0.4, 0.5) is 4.79 Å². The number of esters is 1. The van der Waals surface area contributed by atoms with E-state index in [2.05, 4.69) is 15.3 Å². The average Bonchev–Trinajstić information content (AvgIpc) is 2.39. The molecule has 1 aliphatic carbocycles. The Morgan fingerprint density at radius 2 is 2.05 bits per heavy atom. The van der Waals surface area contributed by atoms with Crippen molar-refractivity contribution in [1.29, 1.82) is 0 Å². The van der Waals surface area contributed by atoms with Crippen LogP contribution in [0, 0.1) is 5.92 Å². The predicted molar refractivity (Wildman–Crippen MR) is 80.1 cm³/mol. The molecule has 0 aliphatic heterocycles. The fourth-order valence-corrected chi connectivity index (χ4v) is 2.45. The lowest BCUT2D eigenvalue weighted by molar-refractivity contribution is -0.149. The third kappa shape index (κ3) is 5.81. The Kier molecular flexibility index (Phi) is 6.49. The predicted octanol–water partition coefficient (Wildman–Crippen LogP) is 2.92. The molecule has 0 radical (unpaired) electrons. The van der Waals surface area contributed by atoms with Crippen molar-refractivity contribution >= 4 is 12.1 Å². The van der Waals surface area contributed by atoms with E-state index in [4.69, 9.17) is 15.0 Å². The summed E-state index contributed by atoms with van der Waals surface area (Å²) in [5.74, 6) is -0.581. The molecule has 1 saturated carbocycles. The molecule has 1 fully saturated rings. The van der Waals surface area contributed by atoms with Gasteiger partial charge in [-0.3, -0.25) is 4.79 Å². The maximum atomic E-state index is 11.9. The molecular formula is C14H24N4O4. The zero-order chi connectivity index (χ0) is 16.8. The van der Waals surface area contributed by atoms with Crippen LogP contribution in [-0.4, -0.2) is 36.4 Å². The first kappa shape index (κ1) is 18.1. The molecule has 3 atom stereocenters. The highest BCUT2D eigenvalue weighted by atomic mass is 16.6. The molecule has 0 bridgehead atoms. The molecule has 0 aromatic heterocycles. The SMILES string of the molecule is CCOC(=O)[C@@H]1CC[C@H](N=[N+]=[N-])[C@@H](NC(=O)OC(C)(C)C)C1. The summed E-state index contributed by atoms with van der Waals surface area (Å²) in [5.41, 5.74) is 8.02. The molecule has 1 rings (SSSR count). The van der Waals surface area contributed by atoms with Crippen LogP contribution in [-0.2, 0) is 14.3 Å². The molecule has 8 heteroatoms. The van der Waals surface area contributed by atoms with Gasteiger partial charge in [-0.15, -0.1) is 0 Å². The summed E-state index contributed by atoms with van der Waals surface area (Å²) in [6, 6.07) is -0.822. The summed E-state index contributed by atoms with van der Waals surface area (Å²) in [6.07, 6.45) is 0.894. The van der Waals surface area contributed by atoms with Crippen molar-refractivity contribution in [2.24, 2.45) is 11.0 Å². The molecular weight excluding hydrogens is 288 g/mol. The van der Waals surface area contributed by atoms with Crippen LogP contribution in [0.15, 0.2) is 5.11 Å². The van der Waals surface area contributed by atoms with Gasteiger partial charge >= 0.3 is 12.1 Å². The number of amides is 1. The summed E-state index contributed by atoms with van der Waals surface area (Å²) >= 11 is 0. The number of ether oxygens (including phenoxy) is 2. The minimum atomic E-state index is -0.618. The monoisotopic (exact) mass is 312 g/mol. The number of carbonyl (C=O) groups excluding carboxylic acids is 2. The van der Waals surface area contributed by atoms with Gasteiger partial charge in [0.05, 0.1) is 18.6 Å². The van der Waals surface area contributed by atoms with Gasteiger partial charge in [0.25, 0.3) is 0 Å². The van der Waals surface area contributed by atoms with Crippen LogP contribution < -0.4 is 5.32 Å². The van der Waals surface area contributed by atoms with Gasteiger partial charge in [-0.1, -0.05) is 5.11 Å². The van der Waals surface area contributed by atoms with Gasteiger partial charge in [0, 0.05) is 11.0 Å². The Labute approximate surface area is 130 Å². The number of hydrogen-bond acceptors (Lipinski definition) is 5. The van der Waals surface area contributed by atoms with Crippen molar-refractivity contribution in [3.63, 3.8) is 0 Å². The Morgan fingerprint density at radius 3 is 2.59 bits per heavy atom. The second kappa shape index (κ2) is 7.89. The highest BCUT2D eigenvalue weighted by molar-refractivity contribution is 5.73. The van der Waals surface area contributed by atoms with Crippen molar-refractivity contribution < 1.29 is 19.1 Å². The van der Waals surface area contributed by atoms with Gasteiger partial charge in [0.15, 0.2) is 0 Å². The fraction of sp³-hybridized carbons (Fsp3) is 0.857. The first-order valence-corrected chi connectivity index (χ1v) is 7.47. The topological polar surface area (TPSA) is 113 Å². The molecule has 8 nitrogen and oxygen atoms in total. The zero-order valence-corrected chi connectivity index (χ0v) is 13.5. The molecule has 0 aromatic rings. The van der Waals surface area contributed by atoms with Gasteiger partial charge in [0.1, 0.15) is 5.60 Å². The summed E-state index contributed by atoms with van der Waals surface area (Å²) < 4.78 is 10.2. The third-order valence-electron chi connectivity index (χ3n) is 3.34. The molecule has 0 spiro atoms. The molecule has 1 amide bonds. The van der Waals surface area contributed by atoms with E-state index in [0.717, 1.165) is 0 Å². The second-order valence-corrected chi connectivity index (χ2v) is 6.29. The van der Waals surface area contributed by atoms with Crippen molar-refractivity contribution in [3.8, 4) is 0 Å². The van der Waals surface area contributed by atoms with Crippen LogP contribution in [0.5, 0.6) is 0 Å². The molecule has 22 heavy (non-hydrogen) atoms. The Bertz CT molecular complexity index is 454. The Hall–Kier alpha value is -1.95. The van der Waals surface area contributed by atoms with Gasteiger partial charge < -0.3 is 14.8 Å². The summed E-state index contributed by atoms with van der Waals surface area (Å²) in [5, 5.41) is 6.42. The fourth-order valence-electron chi connectivity index (χ4n) is 2.45. The number of azide groups is 1. The van der Waals surface area contributed by atoms with Gasteiger partial charge in [-0.05, 0) is 52.5 Å². The largest absolute Gasteiger partial charge is 0.466 e. The first-order chi connectivity index (χ1) is 10.3. The third-order valence-corrected chi connectivity index (χ3v) is 3.34. The van der Waals surface area contributed by atoms with Crippen molar-refractivity contribution in [2.45, 2.75) is 64.6 Å². The minimum absolute atomic E-state index is 0.280. The lowest BCUT2D eigenvalue weighted by atomic mass is 9.82. The van der Waals surface area contributed by atoms with Crippen molar-refractivity contribution in [3.05, 3.63) is 10.4 Å². The van der Waals surface area contributed by atoms with Crippen LogP contribution in [0.25, 0.3) is 10.4 Å². The molecule has 0 unspecified atom stereocenters. The highest BCUT2D eigenvalue weighted by Crippen LogP contribution is 2.28. The molecule has 0 aromatic carbocycles. The quantitative estimate of drug-likeness (QED) is 0.372. The number of hydrogen-bond donors (Lipinski definition) is 1. The van der Waals surface area contributed by atoms with Crippen LogP contribution in [0.3, 0.4) is 0 Å². The summed E-state index contributed by atoms with van der Waals surface area (Å²) in [7, 11) is 0. The molecule has 0 saturated heterocycles. The van der Waals surface area contributed by atoms with E-state index in [0.29, 0.717) is 25.9 Å². The summed E-state index contributed by atoms with van der Waals surface area (Å²) in [6.45, 7) is 7.36. The number of nitrogens with one attached hydrogen (secondary N) is 1. The lowest BCUT2D eigenvalue weighted by Crippen LogP contribution is -2.49. The van der Waals surface area contributed by atoms with E-state index in [1.807, 2.05) is 0 Å². The Morgan fingerprint density at radius 1 is 1.36 bits per heavy atom. The highest BCUT2D eigenvalue weighted by Gasteiger charge is 2.35. The molecule has 0 heterocycles. The first-order valence-electron chi connectivity index (χ1n) is 7.47. The van der Waals surface area contributed by atoms with Crippen molar-refractivity contribution in [1.82, 2.24) is 5.32 Å². The summed E-state index contributed by atoms with van der Waals surface area (Å²) in [4.78, 5) is 26.6. The van der Waals surface area contributed by atoms with E-state index in [-0.39, 0.29) is 17.9 Å². The average molecular weight is 312 g/mol. The minimum Gasteiger partial charge on any atom is -0.466 e. The normalized spacial score (nSPS) is 24.8. The van der Waals surface area contributed by atoms with E-state index in [9.17, 15) is 9.59 Å². The van der Waals surface area contributed by atoms with E-state index in [1.165, 1.54) is 0 Å². The number of carbonyl (C=O) groups is 2. The molecule has 124 valence electrons. The smallest absolute Gasteiger partial charge is 0.407 e. The van der Waals surface area contributed by atoms with E-state index in [1.54, 1.807) is 27.7 Å². The Balaban J connectivity index is 2.73. The maximum absolute atomic E-state index is 11.9. The van der Waals surface area contributed by atoms with Crippen molar-refractivity contribution in [2.75, 3.05) is 6.61 Å². The molecule has 1 N–H and O–H groups in total. The van der Waals surface area contributed by atoms with E-state index < -0.39 is 17.7 Å². The molecule has 1 aliphatic rings. The van der Waals surface area contributed by atoms with Crippen LogP contribution >= 0.6 is 0 Å². The van der Waals surface area contributed by atoms with E-state index >= 15 is 0 Å². The number of alkyl carbamates (subject to hydrolysis) is 1. The lowest BCUT2D eigenvalue weighted by Gasteiger charge is -2.33. The number of nitrogens with zero attached hydrogens (tertiary/aromatic N) is 3. The second-order valence-electron chi connectivity index (χ2n) is 6.29. The van der Waals surface area contributed by atoms with Gasteiger partial charge in [0.2, 0.25) is 0 Å². The van der Waals surface area contributed by atoms with Gasteiger partial charge in [-0.2, -0.15) is 0 Å². The van der Waals surface area contributed by atoms with Crippen LogP contribution in [0.1, 0.15) is 47.0 Å².